The Morgan fingerprint density at radius 3 is 1.75 bits per heavy atom. The van der Waals surface area contributed by atoms with Crippen LogP contribution in [0, 0.1) is 0 Å². The first-order valence-electron chi connectivity index (χ1n) is 3.22. The van der Waals surface area contributed by atoms with Crippen molar-refractivity contribution in [3.05, 3.63) is 49.3 Å². The molecule has 0 aliphatic heterocycles. The second-order valence-corrected chi connectivity index (χ2v) is 1.74. The third-order valence-electron chi connectivity index (χ3n) is 0.939. The Hall–Kier alpha value is -0.900. The van der Waals surface area contributed by atoms with E-state index in [4.69, 9.17) is 0 Å². The Morgan fingerprint density at radius 1 is 0.833 bits per heavy atom. The summed E-state index contributed by atoms with van der Waals surface area (Å²) >= 11 is 0. The van der Waals surface area contributed by atoms with Crippen LogP contribution >= 0.6 is 0 Å². The summed E-state index contributed by atoms with van der Waals surface area (Å²) < 4.78 is 0. The van der Waals surface area contributed by atoms with E-state index in [1.807, 2.05) is 18.2 Å². The van der Waals surface area contributed by atoms with Gasteiger partial charge in [0, 0.05) is 12.4 Å². The van der Waals surface area contributed by atoms with Crippen LogP contribution in [0.4, 0.5) is 0 Å². The summed E-state index contributed by atoms with van der Waals surface area (Å²) in [5, 5.41) is 0. The third-order valence-corrected chi connectivity index (χ3v) is 0.939. The van der Waals surface area contributed by atoms with Gasteiger partial charge in [-0.3, -0.25) is 4.98 Å². The van der Waals surface area contributed by atoms with Gasteiger partial charge in [0.25, 0.3) is 0 Å². The molecular formula is C8H8AuN3. The Kier molecular flexibility index (Phi) is 7.58. The van der Waals surface area contributed by atoms with Crippen molar-refractivity contribution in [1.82, 2.24) is 15.0 Å². The molecule has 0 saturated heterocycles. The van der Waals surface area contributed by atoms with Crippen LogP contribution in [0.1, 0.15) is 0 Å². The largest absolute Gasteiger partial charge is 1.00 e. The monoisotopic (exact) mass is 343 g/mol. The number of rotatable bonds is 0. The summed E-state index contributed by atoms with van der Waals surface area (Å²) in [6.07, 6.45) is 8.28. The molecule has 0 amide bonds. The number of pyridine rings is 1. The van der Waals surface area contributed by atoms with Crippen LogP contribution in [0.3, 0.4) is 0 Å². The zero-order valence-corrected chi connectivity index (χ0v) is 8.43. The van der Waals surface area contributed by atoms with Gasteiger partial charge in [-0.25, -0.2) is 0 Å². The van der Waals surface area contributed by atoms with E-state index in [0.717, 1.165) is 0 Å². The molecule has 0 aliphatic rings. The molecule has 0 bridgehead atoms. The number of imidazole rings is 1. The summed E-state index contributed by atoms with van der Waals surface area (Å²) in [5.41, 5.74) is 0. The van der Waals surface area contributed by atoms with E-state index < -0.39 is 0 Å². The zero-order chi connectivity index (χ0) is 7.78. The molecule has 4 heteroatoms. The molecule has 2 rings (SSSR count). The van der Waals surface area contributed by atoms with Crippen molar-refractivity contribution in [3.63, 3.8) is 0 Å². The van der Waals surface area contributed by atoms with E-state index in [0.29, 0.717) is 0 Å². The molecule has 66 valence electrons. The zero-order valence-electron chi connectivity index (χ0n) is 6.26. The van der Waals surface area contributed by atoms with Crippen LogP contribution in [-0.2, 0) is 22.4 Å². The summed E-state index contributed by atoms with van der Waals surface area (Å²) in [7, 11) is 0. The summed E-state index contributed by atoms with van der Waals surface area (Å²) in [5.74, 6) is 0. The Labute approximate surface area is 86.8 Å². The third kappa shape index (κ3) is 5.85. The standard InChI is InChI=1S/C5H5N.C3H3N2.Au/c1-2-4-6-5-3-1;1-2-5-3-4-1;/h1-5H;1-3H;/q;-1;+1. The molecule has 0 unspecified atom stereocenters. The van der Waals surface area contributed by atoms with Crippen LogP contribution in [0.25, 0.3) is 0 Å². The first-order chi connectivity index (χ1) is 5.50. The fourth-order valence-electron chi connectivity index (χ4n) is 0.505. The smallest absolute Gasteiger partial charge is 0.450 e. The number of aromatic nitrogens is 3. The predicted octanol–water partition coefficient (Wildman–Crippen LogP) is 1.12. The van der Waals surface area contributed by atoms with E-state index in [1.54, 1.807) is 24.8 Å². The molecule has 0 aliphatic carbocycles. The summed E-state index contributed by atoms with van der Waals surface area (Å²) in [6, 6.07) is 5.72. The van der Waals surface area contributed by atoms with Gasteiger partial charge in [0.15, 0.2) is 0 Å². The van der Waals surface area contributed by atoms with Gasteiger partial charge in [0.2, 0.25) is 0 Å². The predicted molar refractivity (Wildman–Crippen MR) is 41.8 cm³/mol. The first kappa shape index (κ1) is 11.1. The molecule has 3 nitrogen and oxygen atoms in total. The van der Waals surface area contributed by atoms with Gasteiger partial charge < -0.3 is 9.97 Å². The fraction of sp³-hybridized carbons (Fsp3) is 0. The van der Waals surface area contributed by atoms with Crippen molar-refractivity contribution in [1.29, 1.82) is 0 Å². The topological polar surface area (TPSA) is 39.9 Å². The van der Waals surface area contributed by atoms with Crippen molar-refractivity contribution in [3.8, 4) is 0 Å². The normalized spacial score (nSPS) is 7.33. The van der Waals surface area contributed by atoms with Crippen LogP contribution in [0.15, 0.2) is 49.3 Å². The average molecular weight is 343 g/mol. The van der Waals surface area contributed by atoms with E-state index >= 15 is 0 Å². The molecule has 0 aromatic carbocycles. The second-order valence-electron chi connectivity index (χ2n) is 1.74. The minimum Gasteiger partial charge on any atom is -0.450 e. The Balaban J connectivity index is 0.000000189. The molecule has 12 heavy (non-hydrogen) atoms. The van der Waals surface area contributed by atoms with Crippen LogP contribution < -0.4 is 4.98 Å². The fourth-order valence-corrected chi connectivity index (χ4v) is 0.505. The first-order valence-corrected chi connectivity index (χ1v) is 3.22. The minimum absolute atomic E-state index is 0. The van der Waals surface area contributed by atoms with Gasteiger partial charge in [-0.1, -0.05) is 24.8 Å². The van der Waals surface area contributed by atoms with Crippen molar-refractivity contribution < 1.29 is 22.4 Å². The van der Waals surface area contributed by atoms with Gasteiger partial charge in [-0.05, 0) is 12.1 Å². The van der Waals surface area contributed by atoms with E-state index in [-0.39, 0.29) is 22.4 Å². The molecule has 0 atom stereocenters. The quantitative estimate of drug-likeness (QED) is 0.673. The summed E-state index contributed by atoms with van der Waals surface area (Å²) in [4.78, 5) is 11.0. The van der Waals surface area contributed by atoms with Gasteiger partial charge >= 0.3 is 22.4 Å². The number of hydrogen-bond acceptors (Lipinski definition) is 2. The van der Waals surface area contributed by atoms with Gasteiger partial charge in [0.05, 0.1) is 0 Å². The molecule has 2 aromatic heterocycles. The van der Waals surface area contributed by atoms with Gasteiger partial charge in [0.1, 0.15) is 0 Å². The maximum atomic E-state index is 3.78. The maximum absolute atomic E-state index is 3.78. The average Bonchev–Trinajstić information content (AvgIpc) is 2.64. The molecular weight excluding hydrogens is 335 g/mol. The van der Waals surface area contributed by atoms with Crippen LogP contribution in [0.2, 0.25) is 0 Å². The van der Waals surface area contributed by atoms with Crippen molar-refractivity contribution in [2.45, 2.75) is 0 Å². The molecule has 2 heterocycles. The van der Waals surface area contributed by atoms with Gasteiger partial charge in [-0.15, -0.1) is 0 Å². The van der Waals surface area contributed by atoms with E-state index in [2.05, 4.69) is 15.0 Å². The molecule has 2 aromatic rings. The maximum Gasteiger partial charge on any atom is 1.00 e. The van der Waals surface area contributed by atoms with Crippen LogP contribution in [-0.4, -0.2) is 9.97 Å². The molecule has 0 radical (unpaired) electrons. The summed E-state index contributed by atoms with van der Waals surface area (Å²) in [6.45, 7) is 0. The van der Waals surface area contributed by atoms with E-state index in [1.165, 1.54) is 6.33 Å². The second kappa shape index (κ2) is 8.20. The number of hydrogen-bond donors (Lipinski definition) is 0. The molecule has 0 N–H and O–H groups in total. The Bertz CT molecular complexity index is 200. The van der Waals surface area contributed by atoms with Gasteiger partial charge in [-0.2, -0.15) is 0 Å². The van der Waals surface area contributed by atoms with E-state index in [9.17, 15) is 0 Å². The van der Waals surface area contributed by atoms with Crippen LogP contribution in [0.5, 0.6) is 0 Å². The van der Waals surface area contributed by atoms with Crippen molar-refractivity contribution in [2.75, 3.05) is 0 Å². The van der Waals surface area contributed by atoms with Crippen molar-refractivity contribution >= 4 is 0 Å². The molecule has 0 saturated carbocycles. The molecule has 0 fully saturated rings. The SMILES string of the molecule is [Au+].c1c[n-]cn1.c1ccncc1. The minimum atomic E-state index is 0. The number of nitrogens with zero attached hydrogens (tertiary/aromatic N) is 3. The van der Waals surface area contributed by atoms with Crippen molar-refractivity contribution in [2.24, 2.45) is 0 Å². The Morgan fingerprint density at radius 2 is 1.58 bits per heavy atom. The molecule has 0 spiro atoms.